The van der Waals surface area contributed by atoms with Crippen molar-refractivity contribution in [3.63, 3.8) is 0 Å². The molecule has 0 radical (unpaired) electrons. The Labute approximate surface area is 162 Å². The lowest BCUT2D eigenvalue weighted by atomic mass is 9.98. The molecule has 1 saturated heterocycles. The van der Waals surface area contributed by atoms with E-state index in [1.54, 1.807) is 18.2 Å². The molecule has 0 aliphatic carbocycles. The zero-order valence-corrected chi connectivity index (χ0v) is 15.6. The summed E-state index contributed by atoms with van der Waals surface area (Å²) in [6, 6.07) is 9.96. The number of halogens is 2. The summed E-state index contributed by atoms with van der Waals surface area (Å²) < 4.78 is 28.6. The van der Waals surface area contributed by atoms with E-state index in [9.17, 15) is 13.9 Å². The first kappa shape index (κ1) is 17.8. The Bertz CT molecular complexity index is 1010. The van der Waals surface area contributed by atoms with E-state index in [0.29, 0.717) is 23.8 Å². The first-order valence-electron chi connectivity index (χ1n) is 9.90. The Morgan fingerprint density at radius 2 is 1.96 bits per heavy atom. The molecule has 0 spiro atoms. The van der Waals surface area contributed by atoms with Gasteiger partial charge in [-0.15, -0.1) is 0 Å². The number of rotatable bonds is 4. The number of hydrogen-bond acceptors (Lipinski definition) is 3. The molecule has 4 nitrogen and oxygen atoms in total. The number of aliphatic hydroxyl groups is 1. The van der Waals surface area contributed by atoms with Crippen molar-refractivity contribution in [2.45, 2.75) is 44.6 Å². The van der Waals surface area contributed by atoms with Gasteiger partial charge in [0, 0.05) is 30.3 Å². The van der Waals surface area contributed by atoms with Crippen molar-refractivity contribution >= 4 is 11.0 Å². The molecule has 5 rings (SSSR count). The van der Waals surface area contributed by atoms with Gasteiger partial charge in [-0.1, -0.05) is 12.1 Å². The van der Waals surface area contributed by atoms with Gasteiger partial charge in [-0.25, -0.2) is 13.8 Å². The molecule has 28 heavy (non-hydrogen) atoms. The lowest BCUT2D eigenvalue weighted by Crippen LogP contribution is -2.31. The van der Waals surface area contributed by atoms with Crippen molar-refractivity contribution in [1.29, 1.82) is 0 Å². The molecule has 146 valence electrons. The van der Waals surface area contributed by atoms with Crippen molar-refractivity contribution < 1.29 is 13.9 Å². The van der Waals surface area contributed by atoms with E-state index in [4.69, 9.17) is 0 Å². The van der Waals surface area contributed by atoms with Crippen LogP contribution in [0.3, 0.4) is 0 Å². The summed E-state index contributed by atoms with van der Waals surface area (Å²) in [5.74, 6) is -0.316. The van der Waals surface area contributed by atoms with Crippen LogP contribution in [0, 0.1) is 5.82 Å². The Balaban J connectivity index is 1.61. The van der Waals surface area contributed by atoms with E-state index in [1.807, 2.05) is 6.07 Å². The number of aliphatic hydroxyl groups excluding tert-OH is 1. The van der Waals surface area contributed by atoms with Crippen molar-refractivity contribution in [1.82, 2.24) is 14.5 Å². The number of fused-ring (bicyclic) bond motifs is 5. The maximum Gasteiger partial charge on any atom is 0.131 e. The van der Waals surface area contributed by atoms with Gasteiger partial charge in [0.25, 0.3) is 0 Å². The molecule has 1 aromatic carbocycles. The van der Waals surface area contributed by atoms with Gasteiger partial charge >= 0.3 is 0 Å². The van der Waals surface area contributed by atoms with Crippen molar-refractivity contribution in [3.05, 3.63) is 64.7 Å². The van der Waals surface area contributed by atoms with E-state index in [1.165, 1.54) is 23.4 Å². The second-order valence-corrected chi connectivity index (χ2v) is 7.79. The van der Waals surface area contributed by atoms with Crippen LogP contribution in [0.5, 0.6) is 0 Å². The number of benzene rings is 1. The Morgan fingerprint density at radius 1 is 1.14 bits per heavy atom. The lowest BCUT2D eigenvalue weighted by Gasteiger charge is -2.31. The largest absolute Gasteiger partial charge is 0.387 e. The predicted octanol–water partition coefficient (Wildman–Crippen LogP) is 4.07. The highest BCUT2D eigenvalue weighted by atomic mass is 19.1. The standard InChI is InChI=1S/C22H23F2N3O/c23-12-16-7-8-19-22(25-16)21-17-2-1-10-26(17)11-9-18(21)27(19)13-20(28)14-3-5-15(24)6-4-14/h3-8,17,20,28H,1-2,9-13H2. The maximum atomic E-state index is 13.3. The highest BCUT2D eigenvalue weighted by Gasteiger charge is 2.36. The highest BCUT2D eigenvalue weighted by molar-refractivity contribution is 5.83. The second-order valence-electron chi connectivity index (χ2n) is 7.79. The van der Waals surface area contributed by atoms with Crippen molar-refractivity contribution in [2.75, 3.05) is 13.1 Å². The van der Waals surface area contributed by atoms with Gasteiger partial charge in [0.05, 0.1) is 29.4 Å². The van der Waals surface area contributed by atoms with E-state index in [2.05, 4.69) is 14.5 Å². The molecule has 4 heterocycles. The third-order valence-corrected chi connectivity index (χ3v) is 6.19. The van der Waals surface area contributed by atoms with Gasteiger partial charge in [-0.2, -0.15) is 0 Å². The Morgan fingerprint density at radius 3 is 2.75 bits per heavy atom. The van der Waals surface area contributed by atoms with Crippen LogP contribution in [0.4, 0.5) is 8.78 Å². The number of hydrogen-bond donors (Lipinski definition) is 1. The minimum atomic E-state index is -0.747. The smallest absolute Gasteiger partial charge is 0.131 e. The van der Waals surface area contributed by atoms with Crippen molar-refractivity contribution in [3.8, 4) is 0 Å². The molecule has 2 aromatic heterocycles. The minimum absolute atomic E-state index is 0.316. The number of alkyl halides is 1. The summed E-state index contributed by atoms with van der Waals surface area (Å²) in [4.78, 5) is 7.12. The zero-order chi connectivity index (χ0) is 19.3. The van der Waals surface area contributed by atoms with Crippen LogP contribution < -0.4 is 0 Å². The van der Waals surface area contributed by atoms with Gasteiger partial charge in [-0.3, -0.25) is 4.90 Å². The summed E-state index contributed by atoms with van der Waals surface area (Å²) in [7, 11) is 0. The second kappa shape index (κ2) is 6.94. The molecule has 2 aliphatic rings. The first-order valence-corrected chi connectivity index (χ1v) is 9.90. The van der Waals surface area contributed by atoms with Gasteiger partial charge in [-0.05, 0) is 49.2 Å². The third kappa shape index (κ3) is 2.83. The number of aromatic nitrogens is 2. The molecule has 2 aliphatic heterocycles. The quantitative estimate of drug-likeness (QED) is 0.738. The Hall–Kier alpha value is -2.31. The van der Waals surface area contributed by atoms with Crippen LogP contribution in [0.15, 0.2) is 36.4 Å². The van der Waals surface area contributed by atoms with E-state index in [0.717, 1.165) is 43.4 Å². The summed E-state index contributed by atoms with van der Waals surface area (Å²) >= 11 is 0. The fourth-order valence-corrected chi connectivity index (χ4v) is 4.87. The van der Waals surface area contributed by atoms with Gasteiger partial charge < -0.3 is 9.67 Å². The lowest BCUT2D eigenvalue weighted by molar-refractivity contribution is 0.155. The fraction of sp³-hybridized carbons (Fsp3) is 0.409. The monoisotopic (exact) mass is 383 g/mol. The summed E-state index contributed by atoms with van der Waals surface area (Å²) in [6.07, 6.45) is 2.40. The van der Waals surface area contributed by atoms with E-state index in [-0.39, 0.29) is 5.82 Å². The summed E-state index contributed by atoms with van der Waals surface area (Å²) in [5, 5.41) is 10.8. The molecule has 1 N–H and O–H groups in total. The average molecular weight is 383 g/mol. The average Bonchev–Trinajstić information content (AvgIpc) is 3.31. The maximum absolute atomic E-state index is 13.3. The van der Waals surface area contributed by atoms with E-state index >= 15 is 0 Å². The topological polar surface area (TPSA) is 41.3 Å². The van der Waals surface area contributed by atoms with Crippen LogP contribution in [0.25, 0.3) is 11.0 Å². The predicted molar refractivity (Wildman–Crippen MR) is 103 cm³/mol. The van der Waals surface area contributed by atoms with Crippen LogP contribution in [0.1, 0.15) is 47.5 Å². The zero-order valence-electron chi connectivity index (χ0n) is 15.6. The molecule has 1 fully saturated rings. The molecule has 0 amide bonds. The van der Waals surface area contributed by atoms with E-state index < -0.39 is 12.8 Å². The SMILES string of the molecule is OC(Cn1c2c(c3nc(CF)ccc31)C1CCCN1CC2)c1ccc(F)cc1. The number of pyridine rings is 1. The minimum Gasteiger partial charge on any atom is -0.387 e. The van der Waals surface area contributed by atoms with Gasteiger partial charge in [0.1, 0.15) is 12.5 Å². The number of nitrogens with zero attached hydrogens (tertiary/aromatic N) is 3. The van der Waals surface area contributed by atoms with Gasteiger partial charge in [0.15, 0.2) is 0 Å². The summed E-state index contributed by atoms with van der Waals surface area (Å²) in [5.41, 5.74) is 5.35. The molecular weight excluding hydrogens is 360 g/mol. The van der Waals surface area contributed by atoms with Crippen molar-refractivity contribution in [2.24, 2.45) is 0 Å². The molecule has 0 saturated carbocycles. The first-order chi connectivity index (χ1) is 13.7. The van der Waals surface area contributed by atoms with Gasteiger partial charge in [0.2, 0.25) is 0 Å². The normalized spacial score (nSPS) is 20.3. The Kier molecular flexibility index (Phi) is 4.40. The molecule has 2 atom stereocenters. The third-order valence-electron chi connectivity index (χ3n) is 6.19. The van der Waals surface area contributed by atoms with Crippen LogP contribution >= 0.6 is 0 Å². The highest BCUT2D eigenvalue weighted by Crippen LogP contribution is 2.42. The molecular formula is C22H23F2N3O. The van der Waals surface area contributed by atoms with Crippen LogP contribution in [0.2, 0.25) is 0 Å². The molecule has 6 heteroatoms. The van der Waals surface area contributed by atoms with Crippen LogP contribution in [-0.4, -0.2) is 32.6 Å². The molecule has 3 aromatic rings. The molecule has 0 bridgehead atoms. The molecule has 2 unspecified atom stereocenters. The van der Waals surface area contributed by atoms with Crippen LogP contribution in [-0.2, 0) is 19.6 Å². The summed E-state index contributed by atoms with van der Waals surface area (Å²) in [6.45, 7) is 1.89. The fourth-order valence-electron chi connectivity index (χ4n) is 4.87.